The fourth-order valence-electron chi connectivity index (χ4n) is 1.88. The van der Waals surface area contributed by atoms with E-state index in [1.807, 2.05) is 0 Å². The van der Waals surface area contributed by atoms with E-state index < -0.39 is 17.3 Å². The molecule has 0 aromatic carbocycles. The Morgan fingerprint density at radius 3 is 3.16 bits per heavy atom. The Morgan fingerprint density at radius 2 is 2.53 bits per heavy atom. The summed E-state index contributed by atoms with van der Waals surface area (Å²) in [5.41, 5.74) is -0.519. The normalized spacial score (nSPS) is 22.5. The van der Waals surface area contributed by atoms with E-state index in [0.29, 0.717) is 19.6 Å². The lowest BCUT2D eigenvalue weighted by Crippen LogP contribution is -2.45. The van der Waals surface area contributed by atoms with Crippen LogP contribution < -0.4 is 5.32 Å². The summed E-state index contributed by atoms with van der Waals surface area (Å²) >= 11 is 5.76. The van der Waals surface area contributed by atoms with Gasteiger partial charge in [0.05, 0.1) is 18.4 Å². The quantitative estimate of drug-likeness (QED) is 0.851. The molecule has 1 N–H and O–H groups in total. The summed E-state index contributed by atoms with van der Waals surface area (Å²) in [4.78, 5) is 15.5. The predicted octanol–water partition coefficient (Wildman–Crippen LogP) is 1.41. The van der Waals surface area contributed by atoms with Gasteiger partial charge in [0, 0.05) is 26.7 Å². The van der Waals surface area contributed by atoms with Crippen molar-refractivity contribution in [1.82, 2.24) is 10.3 Å². The highest BCUT2D eigenvalue weighted by molar-refractivity contribution is 6.32. The minimum atomic E-state index is -0.611. The molecule has 1 fully saturated rings. The number of methoxy groups -OCH3 is 1. The average Bonchev–Trinajstić information content (AvgIpc) is 2.88. The topological polar surface area (TPSA) is 60.5 Å². The van der Waals surface area contributed by atoms with Crippen molar-refractivity contribution in [3.05, 3.63) is 28.8 Å². The van der Waals surface area contributed by atoms with E-state index in [4.69, 9.17) is 21.1 Å². The maximum Gasteiger partial charge on any atom is 0.254 e. The number of hydrogen-bond donors (Lipinski definition) is 1. The van der Waals surface area contributed by atoms with Crippen LogP contribution in [0.1, 0.15) is 16.8 Å². The molecule has 1 unspecified atom stereocenters. The summed E-state index contributed by atoms with van der Waals surface area (Å²) in [6.45, 7) is 1.28. The zero-order chi connectivity index (χ0) is 13.9. The lowest BCUT2D eigenvalue weighted by Gasteiger charge is -2.25. The molecule has 7 heteroatoms. The van der Waals surface area contributed by atoms with E-state index in [-0.39, 0.29) is 17.3 Å². The first-order valence-corrected chi connectivity index (χ1v) is 6.16. The molecule has 1 aliphatic rings. The SMILES string of the molecule is COC1(CNC(=O)c2cc(F)cnc2Cl)CCOC1. The lowest BCUT2D eigenvalue weighted by molar-refractivity contribution is -0.0148. The maximum atomic E-state index is 13.0. The number of nitrogens with zero attached hydrogens (tertiary/aromatic N) is 1. The van der Waals surface area contributed by atoms with Crippen molar-refractivity contribution in [2.24, 2.45) is 0 Å². The van der Waals surface area contributed by atoms with E-state index in [0.717, 1.165) is 12.3 Å². The molecule has 1 aromatic rings. The van der Waals surface area contributed by atoms with Gasteiger partial charge in [-0.1, -0.05) is 11.6 Å². The molecule has 0 radical (unpaired) electrons. The van der Waals surface area contributed by atoms with Crippen molar-refractivity contribution in [3.63, 3.8) is 0 Å². The number of halogens is 2. The summed E-state index contributed by atoms with van der Waals surface area (Å²) in [7, 11) is 1.57. The zero-order valence-electron chi connectivity index (χ0n) is 10.4. The minimum Gasteiger partial charge on any atom is -0.378 e. The Balaban J connectivity index is 2.03. The van der Waals surface area contributed by atoms with Gasteiger partial charge in [0.15, 0.2) is 0 Å². The van der Waals surface area contributed by atoms with Crippen LogP contribution in [0, 0.1) is 5.82 Å². The second-order valence-electron chi connectivity index (χ2n) is 4.36. The predicted molar refractivity (Wildman–Crippen MR) is 66.7 cm³/mol. The summed E-state index contributed by atoms with van der Waals surface area (Å²) in [6, 6.07) is 1.05. The highest BCUT2D eigenvalue weighted by Crippen LogP contribution is 2.22. The van der Waals surface area contributed by atoms with Crippen LogP contribution in [0.5, 0.6) is 0 Å². The van der Waals surface area contributed by atoms with Crippen molar-refractivity contribution in [2.75, 3.05) is 26.9 Å². The van der Waals surface area contributed by atoms with E-state index in [9.17, 15) is 9.18 Å². The summed E-state index contributed by atoms with van der Waals surface area (Å²) in [5.74, 6) is -1.10. The Labute approximate surface area is 115 Å². The number of rotatable bonds is 4. The second-order valence-corrected chi connectivity index (χ2v) is 4.72. The number of nitrogens with one attached hydrogen (secondary N) is 1. The summed E-state index contributed by atoms with van der Waals surface area (Å²) < 4.78 is 23.7. The fourth-order valence-corrected chi connectivity index (χ4v) is 2.07. The minimum absolute atomic E-state index is 0.00633. The Hall–Kier alpha value is -1.24. The third-order valence-corrected chi connectivity index (χ3v) is 3.42. The van der Waals surface area contributed by atoms with Crippen molar-refractivity contribution >= 4 is 17.5 Å². The molecule has 0 spiro atoms. The van der Waals surface area contributed by atoms with Crippen molar-refractivity contribution in [2.45, 2.75) is 12.0 Å². The van der Waals surface area contributed by atoms with Crippen LogP contribution in [-0.4, -0.2) is 43.4 Å². The second kappa shape index (κ2) is 5.81. The Kier molecular flexibility index (Phi) is 4.34. The van der Waals surface area contributed by atoms with Crippen LogP contribution >= 0.6 is 11.6 Å². The number of carbonyl (C=O) groups excluding carboxylic acids is 1. The Bertz CT molecular complexity index is 478. The third kappa shape index (κ3) is 3.20. The van der Waals surface area contributed by atoms with Crippen molar-refractivity contribution in [3.8, 4) is 0 Å². The number of carbonyl (C=O) groups is 1. The molecule has 1 saturated heterocycles. The molecule has 2 rings (SSSR count). The van der Waals surface area contributed by atoms with Crippen LogP contribution in [0.15, 0.2) is 12.3 Å². The molecule has 104 valence electrons. The Morgan fingerprint density at radius 1 is 1.74 bits per heavy atom. The van der Waals surface area contributed by atoms with Gasteiger partial charge >= 0.3 is 0 Å². The van der Waals surface area contributed by atoms with Crippen molar-refractivity contribution < 1.29 is 18.7 Å². The van der Waals surface area contributed by atoms with Crippen LogP contribution in [0.25, 0.3) is 0 Å². The molecule has 0 saturated carbocycles. The van der Waals surface area contributed by atoms with E-state index >= 15 is 0 Å². The van der Waals surface area contributed by atoms with Gasteiger partial charge in [-0.05, 0) is 6.07 Å². The van der Waals surface area contributed by atoms with Crippen molar-refractivity contribution in [1.29, 1.82) is 0 Å². The van der Waals surface area contributed by atoms with Gasteiger partial charge < -0.3 is 14.8 Å². The van der Waals surface area contributed by atoms with Gasteiger partial charge in [-0.2, -0.15) is 0 Å². The van der Waals surface area contributed by atoms with Gasteiger partial charge in [0.2, 0.25) is 0 Å². The molecule has 5 nitrogen and oxygen atoms in total. The van der Waals surface area contributed by atoms with Gasteiger partial charge in [-0.3, -0.25) is 4.79 Å². The molecule has 0 bridgehead atoms. The fraction of sp³-hybridized carbons (Fsp3) is 0.500. The molecule has 0 aliphatic carbocycles. The van der Waals surface area contributed by atoms with E-state index in [1.165, 1.54) is 0 Å². The average molecular weight is 289 g/mol. The molecule has 1 amide bonds. The lowest BCUT2D eigenvalue weighted by atomic mass is 10.0. The number of ether oxygens (including phenoxy) is 2. The largest absolute Gasteiger partial charge is 0.378 e. The molecule has 1 aliphatic heterocycles. The molecule has 1 aromatic heterocycles. The molecule has 2 heterocycles. The van der Waals surface area contributed by atoms with Gasteiger partial charge in [-0.25, -0.2) is 9.37 Å². The smallest absolute Gasteiger partial charge is 0.254 e. The molecule has 1 atom stereocenters. The molecule has 19 heavy (non-hydrogen) atoms. The summed E-state index contributed by atoms with van der Waals surface area (Å²) in [5, 5.41) is 2.63. The first-order chi connectivity index (χ1) is 9.06. The van der Waals surface area contributed by atoms with Crippen LogP contribution in [-0.2, 0) is 9.47 Å². The number of amides is 1. The maximum absolute atomic E-state index is 13.0. The summed E-state index contributed by atoms with van der Waals surface area (Å²) in [6.07, 6.45) is 1.65. The van der Waals surface area contributed by atoms with Crippen LogP contribution in [0.4, 0.5) is 4.39 Å². The third-order valence-electron chi connectivity index (χ3n) is 3.12. The van der Waals surface area contributed by atoms with Gasteiger partial charge in [-0.15, -0.1) is 0 Å². The number of hydrogen-bond acceptors (Lipinski definition) is 4. The first-order valence-electron chi connectivity index (χ1n) is 5.78. The highest BCUT2D eigenvalue weighted by Gasteiger charge is 2.35. The highest BCUT2D eigenvalue weighted by atomic mass is 35.5. The standard InChI is InChI=1S/C12H14ClFN2O3/c1-18-12(2-3-19-7-12)6-16-11(17)9-4-8(14)5-15-10(9)13/h4-5H,2-3,6-7H2,1H3,(H,16,17). The monoisotopic (exact) mass is 288 g/mol. The molecular weight excluding hydrogens is 275 g/mol. The first kappa shape index (κ1) is 14.2. The molecular formula is C12H14ClFN2O3. The number of aromatic nitrogens is 1. The number of pyridine rings is 1. The van der Waals surface area contributed by atoms with Gasteiger partial charge in [0.25, 0.3) is 5.91 Å². The van der Waals surface area contributed by atoms with E-state index in [1.54, 1.807) is 7.11 Å². The van der Waals surface area contributed by atoms with Crippen LogP contribution in [0.2, 0.25) is 5.15 Å². The van der Waals surface area contributed by atoms with Crippen LogP contribution in [0.3, 0.4) is 0 Å². The van der Waals surface area contributed by atoms with E-state index in [2.05, 4.69) is 10.3 Å². The van der Waals surface area contributed by atoms with Gasteiger partial charge in [0.1, 0.15) is 16.6 Å². The zero-order valence-corrected chi connectivity index (χ0v) is 11.2.